The third-order valence-corrected chi connectivity index (χ3v) is 6.56. The SMILES string of the molecule is C=CCCCCCCO[Si](OC)(OCCCCCC)OCCCCCC. The molecule has 0 aliphatic heterocycles. The summed E-state index contributed by atoms with van der Waals surface area (Å²) in [5.74, 6) is 0. The summed E-state index contributed by atoms with van der Waals surface area (Å²) in [6.45, 7) is 10.2. The van der Waals surface area contributed by atoms with Crippen LogP contribution in [0, 0.1) is 0 Å². The van der Waals surface area contributed by atoms with Crippen molar-refractivity contribution in [3.8, 4) is 0 Å². The predicted molar refractivity (Wildman–Crippen MR) is 112 cm³/mol. The molecule has 0 rings (SSSR count). The number of allylic oxidation sites excluding steroid dienone is 1. The van der Waals surface area contributed by atoms with E-state index in [0.717, 1.165) is 32.1 Å². The Kier molecular flexibility index (Phi) is 19.4. The molecule has 0 aromatic carbocycles. The molecule has 0 atom stereocenters. The van der Waals surface area contributed by atoms with Crippen LogP contribution in [0.1, 0.15) is 97.3 Å². The third kappa shape index (κ3) is 14.9. The quantitative estimate of drug-likeness (QED) is 0.129. The maximum atomic E-state index is 6.05. The van der Waals surface area contributed by atoms with Gasteiger partial charge in [0.15, 0.2) is 0 Å². The molecule has 4 nitrogen and oxygen atoms in total. The van der Waals surface area contributed by atoms with Gasteiger partial charge in [-0.05, 0) is 32.1 Å². The fraction of sp³-hybridized carbons (Fsp3) is 0.905. The maximum Gasteiger partial charge on any atom is 0.679 e. The molecule has 0 spiro atoms. The lowest BCUT2D eigenvalue weighted by Crippen LogP contribution is -2.49. The summed E-state index contributed by atoms with van der Waals surface area (Å²) in [4.78, 5) is 0. The summed E-state index contributed by atoms with van der Waals surface area (Å²) in [7, 11) is -1.32. The molecule has 0 bridgehead atoms. The van der Waals surface area contributed by atoms with Crippen molar-refractivity contribution >= 4 is 9.05 Å². The van der Waals surface area contributed by atoms with Gasteiger partial charge in [0.25, 0.3) is 0 Å². The van der Waals surface area contributed by atoms with Crippen LogP contribution >= 0.6 is 0 Å². The molecule has 0 aromatic heterocycles. The van der Waals surface area contributed by atoms with Gasteiger partial charge in [-0.2, -0.15) is 0 Å². The highest BCUT2D eigenvalue weighted by Gasteiger charge is 2.44. The van der Waals surface area contributed by atoms with Crippen LogP contribution in [-0.4, -0.2) is 36.0 Å². The molecule has 0 aliphatic rings. The Bertz CT molecular complexity index is 286. The Morgan fingerprint density at radius 3 is 1.46 bits per heavy atom. The van der Waals surface area contributed by atoms with Gasteiger partial charge < -0.3 is 17.7 Å². The molecule has 0 aromatic rings. The lowest BCUT2D eigenvalue weighted by molar-refractivity contribution is -0.0246. The van der Waals surface area contributed by atoms with E-state index >= 15 is 0 Å². The lowest BCUT2D eigenvalue weighted by Gasteiger charge is -2.27. The van der Waals surface area contributed by atoms with E-state index in [1.54, 1.807) is 7.11 Å². The standard InChI is InChI=1S/C21H44O4Si/c1-5-8-11-14-15-18-21-25-26(22-4,23-19-16-12-9-6-2)24-20-17-13-10-7-3/h5H,1,6-21H2,2-4H3. The number of hydrogen-bond donors (Lipinski definition) is 0. The van der Waals surface area contributed by atoms with E-state index < -0.39 is 9.05 Å². The van der Waals surface area contributed by atoms with Crippen LogP contribution in [0.25, 0.3) is 0 Å². The molecule has 156 valence electrons. The minimum Gasteiger partial charge on any atom is -0.355 e. The third-order valence-electron chi connectivity index (χ3n) is 4.38. The molecule has 0 N–H and O–H groups in total. The summed E-state index contributed by atoms with van der Waals surface area (Å²) in [6.07, 6.45) is 17.1. The van der Waals surface area contributed by atoms with Gasteiger partial charge >= 0.3 is 9.05 Å². The summed E-state index contributed by atoms with van der Waals surface area (Å²) in [5.41, 5.74) is 0. The zero-order chi connectivity index (χ0) is 19.3. The van der Waals surface area contributed by atoms with Gasteiger partial charge in [0.2, 0.25) is 0 Å². The fourth-order valence-corrected chi connectivity index (χ4v) is 4.48. The Morgan fingerprint density at radius 2 is 1.08 bits per heavy atom. The van der Waals surface area contributed by atoms with Crippen LogP contribution in [-0.2, 0) is 17.7 Å². The van der Waals surface area contributed by atoms with E-state index in [0.29, 0.717) is 19.8 Å². The molecule has 0 saturated carbocycles. The van der Waals surface area contributed by atoms with Crippen molar-refractivity contribution in [2.75, 3.05) is 26.9 Å². The van der Waals surface area contributed by atoms with E-state index in [1.807, 2.05) is 6.08 Å². The van der Waals surface area contributed by atoms with E-state index in [-0.39, 0.29) is 0 Å². The van der Waals surface area contributed by atoms with Gasteiger partial charge in [0, 0.05) is 26.9 Å². The Hall–Kier alpha value is -0.203. The molecule has 0 amide bonds. The second-order valence-corrected chi connectivity index (χ2v) is 9.14. The molecule has 0 fully saturated rings. The molecule has 0 saturated heterocycles. The fourth-order valence-electron chi connectivity index (χ4n) is 2.70. The van der Waals surface area contributed by atoms with Gasteiger partial charge in [-0.15, -0.1) is 6.58 Å². The van der Waals surface area contributed by atoms with E-state index in [2.05, 4.69) is 20.4 Å². The Labute approximate surface area is 164 Å². The van der Waals surface area contributed by atoms with Crippen LogP contribution in [0.5, 0.6) is 0 Å². The first-order chi connectivity index (χ1) is 12.7. The van der Waals surface area contributed by atoms with E-state index in [1.165, 1.54) is 51.4 Å². The van der Waals surface area contributed by atoms with Crippen molar-refractivity contribution < 1.29 is 17.7 Å². The minimum atomic E-state index is -2.98. The number of hydrogen-bond acceptors (Lipinski definition) is 4. The normalized spacial score (nSPS) is 11.8. The van der Waals surface area contributed by atoms with Crippen LogP contribution in [0.2, 0.25) is 0 Å². The maximum absolute atomic E-state index is 6.05. The average molecular weight is 389 g/mol. The molecular formula is C21H44O4Si. The van der Waals surface area contributed by atoms with Crippen LogP contribution in [0.4, 0.5) is 0 Å². The van der Waals surface area contributed by atoms with Gasteiger partial charge in [-0.25, -0.2) is 0 Å². The Morgan fingerprint density at radius 1 is 0.654 bits per heavy atom. The Balaban J connectivity index is 4.22. The van der Waals surface area contributed by atoms with Gasteiger partial charge in [-0.1, -0.05) is 71.3 Å². The van der Waals surface area contributed by atoms with Crippen molar-refractivity contribution in [2.24, 2.45) is 0 Å². The molecule has 0 unspecified atom stereocenters. The smallest absolute Gasteiger partial charge is 0.355 e. The van der Waals surface area contributed by atoms with Gasteiger partial charge in [0.1, 0.15) is 0 Å². The summed E-state index contributed by atoms with van der Waals surface area (Å²) in [5, 5.41) is 0. The largest absolute Gasteiger partial charge is 0.679 e. The minimum absolute atomic E-state index is 0.651. The van der Waals surface area contributed by atoms with Gasteiger partial charge in [-0.3, -0.25) is 0 Å². The molecule has 0 aliphatic carbocycles. The van der Waals surface area contributed by atoms with Crippen molar-refractivity contribution in [1.29, 1.82) is 0 Å². The van der Waals surface area contributed by atoms with Crippen LogP contribution < -0.4 is 0 Å². The summed E-state index contributed by atoms with van der Waals surface area (Å²) >= 11 is 0. The van der Waals surface area contributed by atoms with Crippen molar-refractivity contribution in [2.45, 2.75) is 97.3 Å². The molecule has 0 heterocycles. The second kappa shape index (κ2) is 19.6. The summed E-state index contributed by atoms with van der Waals surface area (Å²) < 4.78 is 23.8. The number of unbranched alkanes of at least 4 members (excludes halogenated alkanes) is 10. The zero-order valence-corrected chi connectivity index (χ0v) is 18.7. The highest BCUT2D eigenvalue weighted by Crippen LogP contribution is 2.15. The lowest BCUT2D eigenvalue weighted by atomic mass is 10.1. The van der Waals surface area contributed by atoms with Crippen molar-refractivity contribution in [3.63, 3.8) is 0 Å². The first kappa shape index (κ1) is 25.8. The highest BCUT2D eigenvalue weighted by molar-refractivity contribution is 6.53. The molecule has 26 heavy (non-hydrogen) atoms. The first-order valence-electron chi connectivity index (χ1n) is 10.8. The monoisotopic (exact) mass is 388 g/mol. The number of rotatable bonds is 21. The first-order valence-corrected chi connectivity index (χ1v) is 12.5. The molecule has 5 heteroatoms. The van der Waals surface area contributed by atoms with Crippen LogP contribution in [0.3, 0.4) is 0 Å². The van der Waals surface area contributed by atoms with E-state index in [9.17, 15) is 0 Å². The van der Waals surface area contributed by atoms with Crippen molar-refractivity contribution in [1.82, 2.24) is 0 Å². The molecular weight excluding hydrogens is 344 g/mol. The summed E-state index contributed by atoms with van der Waals surface area (Å²) in [6, 6.07) is 0. The topological polar surface area (TPSA) is 36.9 Å². The second-order valence-electron chi connectivity index (χ2n) is 6.86. The van der Waals surface area contributed by atoms with Crippen LogP contribution in [0.15, 0.2) is 12.7 Å². The average Bonchev–Trinajstić information content (AvgIpc) is 2.66. The van der Waals surface area contributed by atoms with Gasteiger partial charge in [0.05, 0.1) is 0 Å². The van der Waals surface area contributed by atoms with Crippen molar-refractivity contribution in [3.05, 3.63) is 12.7 Å². The predicted octanol–water partition coefficient (Wildman–Crippen LogP) is 6.42. The van der Waals surface area contributed by atoms with E-state index in [4.69, 9.17) is 17.7 Å². The molecule has 0 radical (unpaired) electrons. The highest BCUT2D eigenvalue weighted by atomic mass is 28.4. The zero-order valence-electron chi connectivity index (χ0n) is 17.7.